The van der Waals surface area contributed by atoms with Crippen molar-refractivity contribution in [3.63, 3.8) is 0 Å². The minimum Gasteiger partial charge on any atom is -0.393 e. The quantitative estimate of drug-likeness (QED) is 0.782. The Morgan fingerprint density at radius 3 is 2.35 bits per heavy atom. The largest absolute Gasteiger partial charge is 0.393 e. The Morgan fingerprint density at radius 2 is 1.85 bits per heavy atom. The molecule has 1 amide bonds. The Balaban J connectivity index is 1.86. The molecule has 0 saturated carbocycles. The van der Waals surface area contributed by atoms with Gasteiger partial charge < -0.3 is 15.7 Å². The van der Waals surface area contributed by atoms with Crippen LogP contribution in [0.5, 0.6) is 0 Å². The van der Waals surface area contributed by atoms with E-state index >= 15 is 0 Å². The lowest BCUT2D eigenvalue weighted by Crippen LogP contribution is -2.48. The number of aliphatic hydroxyl groups excluding tert-OH is 1. The van der Waals surface area contributed by atoms with E-state index in [1.54, 1.807) is 0 Å². The maximum atomic E-state index is 12.5. The van der Waals surface area contributed by atoms with Crippen molar-refractivity contribution in [1.29, 1.82) is 0 Å². The molecule has 0 aromatic carbocycles. The summed E-state index contributed by atoms with van der Waals surface area (Å²) in [6.07, 6.45) is 6.11. The van der Waals surface area contributed by atoms with Crippen molar-refractivity contribution >= 4 is 5.91 Å². The van der Waals surface area contributed by atoms with E-state index in [2.05, 4.69) is 18.7 Å². The van der Waals surface area contributed by atoms with Crippen LogP contribution in [-0.4, -0.2) is 40.6 Å². The first-order valence-electron chi connectivity index (χ1n) is 8.22. The molecule has 0 radical (unpaired) electrons. The van der Waals surface area contributed by atoms with Gasteiger partial charge >= 0.3 is 0 Å². The minimum atomic E-state index is -0.197. The van der Waals surface area contributed by atoms with Crippen molar-refractivity contribution in [1.82, 2.24) is 4.90 Å². The molecule has 116 valence electrons. The second kappa shape index (κ2) is 6.90. The number of hydrogen-bond acceptors (Lipinski definition) is 3. The molecule has 2 aliphatic heterocycles. The molecule has 3 atom stereocenters. The first-order chi connectivity index (χ1) is 9.52. The van der Waals surface area contributed by atoms with Gasteiger partial charge in [-0.05, 0) is 56.9 Å². The number of nitrogens with two attached hydrogens (primary N) is 1. The molecule has 0 aromatic rings. The summed E-state index contributed by atoms with van der Waals surface area (Å²) in [5, 5.41) is 9.80. The number of aliphatic hydroxyl groups is 1. The predicted octanol–water partition coefficient (Wildman–Crippen LogP) is 1.90. The van der Waals surface area contributed by atoms with Gasteiger partial charge in [-0.1, -0.05) is 13.8 Å². The number of hydrogen-bond donors (Lipinski definition) is 2. The molecule has 4 heteroatoms. The molecule has 0 spiro atoms. The minimum absolute atomic E-state index is 0.197. The molecule has 2 aliphatic rings. The number of fused-ring (bicyclic) bond motifs is 2. The maximum Gasteiger partial charge on any atom is 0.223 e. The van der Waals surface area contributed by atoms with Gasteiger partial charge in [-0.15, -0.1) is 0 Å². The van der Waals surface area contributed by atoms with E-state index in [1.165, 1.54) is 0 Å². The Labute approximate surface area is 122 Å². The Morgan fingerprint density at radius 1 is 1.25 bits per heavy atom. The summed E-state index contributed by atoms with van der Waals surface area (Å²) in [5.41, 5.74) is 5.66. The van der Waals surface area contributed by atoms with Crippen LogP contribution in [0.3, 0.4) is 0 Å². The SMILES string of the molecule is CC(C)C(CCN)CCC(=O)N1C2CCC1CC(O)C2. The fraction of sp³-hybridized carbons (Fsp3) is 0.938. The zero-order chi connectivity index (χ0) is 14.7. The number of carbonyl (C=O) groups excluding carboxylic acids is 1. The predicted molar refractivity (Wildman–Crippen MR) is 80.1 cm³/mol. The maximum absolute atomic E-state index is 12.5. The highest BCUT2D eigenvalue weighted by atomic mass is 16.3. The average molecular weight is 282 g/mol. The molecular formula is C16H30N2O2. The fourth-order valence-electron chi connectivity index (χ4n) is 4.02. The van der Waals surface area contributed by atoms with E-state index in [1.807, 2.05) is 0 Å². The number of amides is 1. The second-order valence-corrected chi connectivity index (χ2v) is 6.93. The van der Waals surface area contributed by atoms with Gasteiger partial charge in [-0.25, -0.2) is 0 Å². The fourth-order valence-corrected chi connectivity index (χ4v) is 4.02. The normalized spacial score (nSPS) is 30.9. The van der Waals surface area contributed by atoms with Crippen LogP contribution in [-0.2, 0) is 4.79 Å². The molecule has 2 fully saturated rings. The molecule has 2 saturated heterocycles. The van der Waals surface area contributed by atoms with E-state index in [0.717, 1.165) is 38.5 Å². The Kier molecular flexibility index (Phi) is 5.44. The average Bonchev–Trinajstić information content (AvgIpc) is 2.66. The first kappa shape index (κ1) is 15.8. The van der Waals surface area contributed by atoms with Crippen molar-refractivity contribution in [2.45, 2.75) is 77.0 Å². The summed E-state index contributed by atoms with van der Waals surface area (Å²) >= 11 is 0. The number of rotatable bonds is 6. The zero-order valence-electron chi connectivity index (χ0n) is 12.9. The highest BCUT2D eigenvalue weighted by Gasteiger charge is 2.42. The lowest BCUT2D eigenvalue weighted by Gasteiger charge is -2.37. The van der Waals surface area contributed by atoms with E-state index in [9.17, 15) is 9.90 Å². The zero-order valence-corrected chi connectivity index (χ0v) is 12.9. The highest BCUT2D eigenvalue weighted by molar-refractivity contribution is 5.77. The summed E-state index contributed by atoms with van der Waals surface area (Å²) in [6.45, 7) is 5.13. The van der Waals surface area contributed by atoms with Crippen molar-refractivity contribution in [2.24, 2.45) is 17.6 Å². The van der Waals surface area contributed by atoms with E-state index < -0.39 is 0 Å². The van der Waals surface area contributed by atoms with Crippen LogP contribution >= 0.6 is 0 Å². The summed E-state index contributed by atoms with van der Waals surface area (Å²) in [5.74, 6) is 1.44. The molecular weight excluding hydrogens is 252 g/mol. The van der Waals surface area contributed by atoms with Crippen LogP contribution in [0.15, 0.2) is 0 Å². The lowest BCUT2D eigenvalue weighted by atomic mass is 9.88. The van der Waals surface area contributed by atoms with E-state index in [-0.39, 0.29) is 6.10 Å². The first-order valence-corrected chi connectivity index (χ1v) is 8.22. The number of nitrogens with zero attached hydrogens (tertiary/aromatic N) is 1. The van der Waals surface area contributed by atoms with Gasteiger partial charge in [0.15, 0.2) is 0 Å². The van der Waals surface area contributed by atoms with Crippen LogP contribution in [0, 0.1) is 11.8 Å². The Bertz CT molecular complexity index is 318. The van der Waals surface area contributed by atoms with E-state index in [0.29, 0.717) is 42.8 Å². The standard InChI is InChI=1S/C16H30N2O2/c1-11(2)12(7-8-17)3-6-16(20)18-13-4-5-14(18)10-15(19)9-13/h11-15,19H,3-10,17H2,1-2H3. The number of piperidine rings is 1. The third-order valence-corrected chi connectivity index (χ3v) is 5.21. The van der Waals surface area contributed by atoms with Gasteiger partial charge in [0, 0.05) is 18.5 Å². The van der Waals surface area contributed by atoms with Crippen molar-refractivity contribution in [3.05, 3.63) is 0 Å². The summed E-state index contributed by atoms with van der Waals surface area (Å²) in [7, 11) is 0. The molecule has 0 aromatic heterocycles. The molecule has 2 heterocycles. The topological polar surface area (TPSA) is 66.6 Å². The van der Waals surface area contributed by atoms with Gasteiger partial charge in [0.2, 0.25) is 5.91 Å². The smallest absolute Gasteiger partial charge is 0.223 e. The molecule has 3 N–H and O–H groups in total. The monoisotopic (exact) mass is 282 g/mol. The summed E-state index contributed by atoms with van der Waals surface area (Å²) < 4.78 is 0. The summed E-state index contributed by atoms with van der Waals surface area (Å²) in [4.78, 5) is 14.6. The van der Waals surface area contributed by atoms with Gasteiger partial charge in [0.25, 0.3) is 0 Å². The summed E-state index contributed by atoms with van der Waals surface area (Å²) in [6, 6.07) is 0.589. The van der Waals surface area contributed by atoms with Crippen LogP contribution in [0.1, 0.15) is 58.8 Å². The molecule has 0 aliphatic carbocycles. The lowest BCUT2D eigenvalue weighted by molar-refractivity contribution is -0.137. The van der Waals surface area contributed by atoms with Crippen LogP contribution in [0.2, 0.25) is 0 Å². The second-order valence-electron chi connectivity index (χ2n) is 6.93. The van der Waals surface area contributed by atoms with Crippen molar-refractivity contribution in [2.75, 3.05) is 6.54 Å². The number of carbonyl (C=O) groups is 1. The third kappa shape index (κ3) is 3.53. The van der Waals surface area contributed by atoms with Crippen LogP contribution < -0.4 is 5.73 Å². The molecule has 3 unspecified atom stereocenters. The van der Waals surface area contributed by atoms with Gasteiger partial charge in [-0.3, -0.25) is 4.79 Å². The molecule has 4 nitrogen and oxygen atoms in total. The van der Waals surface area contributed by atoms with Crippen LogP contribution in [0.4, 0.5) is 0 Å². The van der Waals surface area contributed by atoms with Gasteiger partial charge in [0.05, 0.1) is 6.10 Å². The van der Waals surface area contributed by atoms with Gasteiger partial charge in [0.1, 0.15) is 0 Å². The highest BCUT2D eigenvalue weighted by Crippen LogP contribution is 2.36. The molecule has 2 bridgehead atoms. The van der Waals surface area contributed by atoms with E-state index in [4.69, 9.17) is 5.73 Å². The van der Waals surface area contributed by atoms with Gasteiger partial charge in [-0.2, -0.15) is 0 Å². The van der Waals surface area contributed by atoms with Crippen molar-refractivity contribution in [3.8, 4) is 0 Å². The van der Waals surface area contributed by atoms with Crippen LogP contribution in [0.25, 0.3) is 0 Å². The molecule has 2 rings (SSSR count). The van der Waals surface area contributed by atoms with Crippen molar-refractivity contribution < 1.29 is 9.90 Å². The third-order valence-electron chi connectivity index (χ3n) is 5.21. The molecule has 20 heavy (non-hydrogen) atoms. The Hall–Kier alpha value is -0.610.